The molecule has 5 nitrogen and oxygen atoms in total. The minimum atomic E-state index is -3.41. The average Bonchev–Trinajstić information content (AvgIpc) is 2.34. The van der Waals surface area contributed by atoms with Gasteiger partial charge in [0.15, 0.2) is 9.84 Å². The zero-order valence-corrected chi connectivity index (χ0v) is 15.4. The van der Waals surface area contributed by atoms with Crippen LogP contribution in [0.2, 0.25) is 0 Å². The van der Waals surface area contributed by atoms with Crippen LogP contribution in [0.25, 0.3) is 0 Å². The Labute approximate surface area is 129 Å². The normalized spacial score (nSPS) is 28.5. The maximum atomic E-state index is 12.6. The molecule has 0 radical (unpaired) electrons. The Kier molecular flexibility index (Phi) is 5.89. The second-order valence-electron chi connectivity index (χ2n) is 7.31. The van der Waals surface area contributed by atoms with E-state index in [-0.39, 0.29) is 23.0 Å². The molecule has 0 aromatic carbocycles. The number of sulfone groups is 2. The lowest BCUT2D eigenvalue weighted by molar-refractivity contribution is 0.164. The van der Waals surface area contributed by atoms with Crippen LogP contribution >= 0.6 is 0 Å². The summed E-state index contributed by atoms with van der Waals surface area (Å²) >= 11 is 0. The van der Waals surface area contributed by atoms with Gasteiger partial charge in [-0.1, -0.05) is 20.8 Å². The Hall–Kier alpha value is -0.140. The molecule has 0 aliphatic heterocycles. The average molecular weight is 340 g/mol. The van der Waals surface area contributed by atoms with Crippen molar-refractivity contribution in [2.24, 2.45) is 11.3 Å². The van der Waals surface area contributed by atoms with Crippen molar-refractivity contribution in [3.05, 3.63) is 0 Å². The van der Waals surface area contributed by atoms with Crippen molar-refractivity contribution in [3.63, 3.8) is 0 Å². The molecule has 0 aromatic rings. The highest BCUT2D eigenvalue weighted by molar-refractivity contribution is 7.95. The highest BCUT2D eigenvalue weighted by atomic mass is 32.2. The van der Waals surface area contributed by atoms with Gasteiger partial charge >= 0.3 is 0 Å². The smallest absolute Gasteiger partial charge is 0.155 e. The third kappa shape index (κ3) is 5.53. The van der Waals surface area contributed by atoms with Gasteiger partial charge in [-0.25, -0.2) is 16.8 Å². The molecule has 0 aromatic heterocycles. The Morgan fingerprint density at radius 3 is 2.05 bits per heavy atom. The van der Waals surface area contributed by atoms with Crippen LogP contribution in [0.5, 0.6) is 0 Å². The summed E-state index contributed by atoms with van der Waals surface area (Å²) in [4.78, 5) is 0. The molecule has 3 unspecified atom stereocenters. The van der Waals surface area contributed by atoms with Crippen LogP contribution in [-0.4, -0.2) is 52.9 Å². The van der Waals surface area contributed by atoms with E-state index in [1.807, 2.05) is 0 Å². The van der Waals surface area contributed by atoms with E-state index in [1.165, 1.54) is 0 Å². The van der Waals surface area contributed by atoms with Gasteiger partial charge in [-0.05, 0) is 37.6 Å². The van der Waals surface area contributed by atoms with E-state index in [4.69, 9.17) is 0 Å². The first-order valence-corrected chi connectivity index (χ1v) is 11.2. The van der Waals surface area contributed by atoms with Crippen molar-refractivity contribution < 1.29 is 16.8 Å². The molecule has 21 heavy (non-hydrogen) atoms. The van der Waals surface area contributed by atoms with Crippen molar-refractivity contribution >= 4 is 19.7 Å². The number of nitrogens with one attached hydrogen (secondary N) is 1. The van der Waals surface area contributed by atoms with E-state index in [2.05, 4.69) is 26.1 Å². The fourth-order valence-corrected chi connectivity index (χ4v) is 6.80. The Morgan fingerprint density at radius 2 is 1.62 bits per heavy atom. The highest BCUT2D eigenvalue weighted by Gasteiger charge is 2.41. The van der Waals surface area contributed by atoms with Crippen molar-refractivity contribution in [2.45, 2.75) is 51.3 Å². The van der Waals surface area contributed by atoms with E-state index < -0.39 is 24.9 Å². The number of hydrogen-bond acceptors (Lipinski definition) is 5. The first kappa shape index (κ1) is 18.9. The molecule has 0 spiro atoms. The van der Waals surface area contributed by atoms with Crippen molar-refractivity contribution in [1.29, 1.82) is 0 Å². The lowest BCUT2D eigenvalue weighted by atomic mass is 9.71. The monoisotopic (exact) mass is 339 g/mol. The Morgan fingerprint density at radius 1 is 1.05 bits per heavy atom. The van der Waals surface area contributed by atoms with Gasteiger partial charge in [-0.3, -0.25) is 0 Å². The van der Waals surface area contributed by atoms with Crippen LogP contribution in [0.15, 0.2) is 0 Å². The molecule has 0 heterocycles. The predicted molar refractivity (Wildman–Crippen MR) is 86.9 cm³/mol. The van der Waals surface area contributed by atoms with Crippen LogP contribution < -0.4 is 5.32 Å². The molecule has 1 aliphatic rings. The first-order chi connectivity index (χ1) is 9.37. The molecule has 126 valence electrons. The zero-order valence-electron chi connectivity index (χ0n) is 13.7. The summed E-state index contributed by atoms with van der Waals surface area (Å²) in [6.07, 6.45) is 3.52. The number of hydrogen-bond donors (Lipinski definition) is 1. The quantitative estimate of drug-likeness (QED) is 0.815. The Balaban J connectivity index is 2.93. The molecular formula is C14H29NO4S2. The van der Waals surface area contributed by atoms with Crippen molar-refractivity contribution in [2.75, 3.05) is 24.8 Å². The van der Waals surface area contributed by atoms with E-state index >= 15 is 0 Å². The minimum Gasteiger partial charge on any atom is -0.316 e. The summed E-state index contributed by atoms with van der Waals surface area (Å²) < 4.78 is 47.6. The van der Waals surface area contributed by atoms with E-state index in [0.29, 0.717) is 12.3 Å². The second kappa shape index (κ2) is 6.54. The molecule has 1 aliphatic carbocycles. The van der Waals surface area contributed by atoms with Gasteiger partial charge in [0.05, 0.1) is 16.8 Å². The molecule has 1 N–H and O–H groups in total. The van der Waals surface area contributed by atoms with Crippen LogP contribution in [0, 0.1) is 11.3 Å². The SMILES string of the molecule is CNC1CCC(C(C)(C)C)CC1S(=O)(=O)CCS(C)(=O)=O. The van der Waals surface area contributed by atoms with Crippen LogP contribution in [0.4, 0.5) is 0 Å². The molecule has 1 saturated carbocycles. The summed E-state index contributed by atoms with van der Waals surface area (Å²) in [5.74, 6) is -0.214. The van der Waals surface area contributed by atoms with Gasteiger partial charge in [0.25, 0.3) is 0 Å². The summed E-state index contributed by atoms with van der Waals surface area (Å²) in [5.41, 5.74) is 0.0727. The highest BCUT2D eigenvalue weighted by Crippen LogP contribution is 2.40. The maximum absolute atomic E-state index is 12.6. The molecule has 0 bridgehead atoms. The molecule has 3 atom stereocenters. The van der Waals surface area contributed by atoms with Crippen LogP contribution in [0.1, 0.15) is 40.0 Å². The topological polar surface area (TPSA) is 80.3 Å². The van der Waals surface area contributed by atoms with Gasteiger partial charge in [-0.15, -0.1) is 0 Å². The summed E-state index contributed by atoms with van der Waals surface area (Å²) in [5, 5.41) is 2.62. The lowest BCUT2D eigenvalue weighted by Crippen LogP contribution is -2.49. The van der Waals surface area contributed by atoms with Crippen LogP contribution in [0.3, 0.4) is 0 Å². The fourth-order valence-electron chi connectivity index (χ4n) is 3.06. The van der Waals surface area contributed by atoms with Crippen LogP contribution in [-0.2, 0) is 19.7 Å². The lowest BCUT2D eigenvalue weighted by Gasteiger charge is -2.41. The fraction of sp³-hybridized carbons (Fsp3) is 1.00. The number of rotatable bonds is 5. The molecule has 1 rings (SSSR count). The first-order valence-electron chi connectivity index (χ1n) is 7.43. The van der Waals surface area contributed by atoms with Gasteiger partial charge in [0.1, 0.15) is 9.84 Å². The van der Waals surface area contributed by atoms with Crippen molar-refractivity contribution in [1.82, 2.24) is 5.32 Å². The summed E-state index contributed by atoms with van der Waals surface area (Å²) in [6.45, 7) is 6.41. The Bertz CT molecular complexity index is 546. The van der Waals surface area contributed by atoms with Gasteiger partial charge in [0.2, 0.25) is 0 Å². The largest absolute Gasteiger partial charge is 0.316 e. The van der Waals surface area contributed by atoms with Gasteiger partial charge < -0.3 is 5.32 Å². The van der Waals surface area contributed by atoms with E-state index in [9.17, 15) is 16.8 Å². The molecule has 1 fully saturated rings. The second-order valence-corrected chi connectivity index (χ2v) is 11.9. The standard InChI is InChI=1S/C14H29NO4S2/c1-14(2,3)11-6-7-12(15-4)13(10-11)21(18,19)9-8-20(5,16)17/h11-13,15H,6-10H2,1-5H3. The zero-order chi connectivity index (χ0) is 16.5. The summed E-state index contributed by atoms with van der Waals surface area (Å²) in [6, 6.07) is -0.0758. The molecule has 0 amide bonds. The maximum Gasteiger partial charge on any atom is 0.155 e. The summed E-state index contributed by atoms with van der Waals surface area (Å²) in [7, 11) is -4.90. The third-order valence-corrected chi connectivity index (χ3v) is 8.01. The van der Waals surface area contributed by atoms with E-state index in [0.717, 1.165) is 19.1 Å². The molecule has 7 heteroatoms. The van der Waals surface area contributed by atoms with Crippen molar-refractivity contribution in [3.8, 4) is 0 Å². The molecule has 0 saturated heterocycles. The minimum absolute atomic E-state index is 0.0727. The van der Waals surface area contributed by atoms with Gasteiger partial charge in [0, 0.05) is 12.3 Å². The van der Waals surface area contributed by atoms with E-state index in [1.54, 1.807) is 7.05 Å². The van der Waals surface area contributed by atoms with Gasteiger partial charge in [-0.2, -0.15) is 0 Å². The predicted octanol–water partition coefficient (Wildman–Crippen LogP) is 1.25. The third-order valence-electron chi connectivity index (χ3n) is 4.59. The molecular weight excluding hydrogens is 310 g/mol.